The molecule has 1 N–H and O–H groups in total. The van der Waals surface area contributed by atoms with Gasteiger partial charge in [-0.05, 0) is 36.2 Å². The quantitative estimate of drug-likeness (QED) is 0.766. The van der Waals surface area contributed by atoms with Crippen molar-refractivity contribution in [1.82, 2.24) is 10.2 Å². The van der Waals surface area contributed by atoms with Crippen molar-refractivity contribution in [2.45, 2.75) is 13.3 Å². The number of amides is 1. The summed E-state index contributed by atoms with van der Waals surface area (Å²) < 4.78 is 0. The monoisotopic (exact) mass is 343 g/mol. The molecule has 0 saturated heterocycles. The number of benzene rings is 2. The van der Waals surface area contributed by atoms with Crippen LogP contribution in [0.4, 0.5) is 5.13 Å². The minimum Gasteiger partial charge on any atom is -0.296 e. The fraction of sp³-hybridized carbons (Fsp3) is 0.118. The molecule has 0 fully saturated rings. The highest BCUT2D eigenvalue weighted by Crippen LogP contribution is 2.20. The van der Waals surface area contributed by atoms with Crippen LogP contribution in [0.15, 0.2) is 48.5 Å². The van der Waals surface area contributed by atoms with Gasteiger partial charge in [-0.3, -0.25) is 10.1 Å². The molecule has 1 amide bonds. The Bertz CT molecular complexity index is 830. The fourth-order valence-corrected chi connectivity index (χ4v) is 3.04. The zero-order valence-corrected chi connectivity index (χ0v) is 14.0. The fourth-order valence-electron chi connectivity index (χ4n) is 2.14. The maximum atomic E-state index is 12.3. The Morgan fingerprint density at radius 1 is 1.13 bits per heavy atom. The van der Waals surface area contributed by atoms with Gasteiger partial charge < -0.3 is 0 Å². The van der Waals surface area contributed by atoms with Crippen LogP contribution in [0.3, 0.4) is 0 Å². The van der Waals surface area contributed by atoms with E-state index in [4.69, 9.17) is 11.6 Å². The van der Waals surface area contributed by atoms with Gasteiger partial charge in [-0.15, -0.1) is 10.2 Å². The number of nitrogens with one attached hydrogen (secondary N) is 1. The number of carbonyl (C=O) groups excluding carboxylic acids is 1. The molecule has 3 rings (SSSR count). The first-order chi connectivity index (χ1) is 11.1. The standard InChI is InChI=1S/C17H14ClN3OS/c1-11-4-2-3-5-14(11)16(22)19-17-21-20-15(23-17)10-12-6-8-13(18)9-7-12/h2-9H,10H2,1H3,(H,19,21,22). The van der Waals surface area contributed by atoms with E-state index in [1.165, 1.54) is 11.3 Å². The number of hydrogen-bond donors (Lipinski definition) is 1. The van der Waals surface area contributed by atoms with Gasteiger partial charge in [-0.1, -0.05) is 53.3 Å². The number of nitrogens with zero attached hydrogens (tertiary/aromatic N) is 2. The number of aromatic nitrogens is 2. The molecule has 0 spiro atoms. The lowest BCUT2D eigenvalue weighted by Crippen LogP contribution is -2.12. The van der Waals surface area contributed by atoms with Crippen LogP contribution in [0.5, 0.6) is 0 Å². The van der Waals surface area contributed by atoms with E-state index < -0.39 is 0 Å². The number of carbonyl (C=O) groups is 1. The zero-order chi connectivity index (χ0) is 16.2. The molecule has 3 aromatic rings. The third-order valence-electron chi connectivity index (χ3n) is 3.35. The highest BCUT2D eigenvalue weighted by molar-refractivity contribution is 7.15. The lowest BCUT2D eigenvalue weighted by atomic mass is 10.1. The molecule has 0 unspecified atom stereocenters. The molecule has 4 nitrogen and oxygen atoms in total. The van der Waals surface area contributed by atoms with E-state index in [2.05, 4.69) is 15.5 Å². The Labute approximate surface area is 143 Å². The molecule has 0 bridgehead atoms. The number of halogens is 1. The van der Waals surface area contributed by atoms with Gasteiger partial charge in [0.2, 0.25) is 5.13 Å². The van der Waals surface area contributed by atoms with Gasteiger partial charge in [0, 0.05) is 17.0 Å². The summed E-state index contributed by atoms with van der Waals surface area (Å²) in [6.45, 7) is 1.90. The highest BCUT2D eigenvalue weighted by Gasteiger charge is 2.12. The van der Waals surface area contributed by atoms with E-state index in [9.17, 15) is 4.79 Å². The van der Waals surface area contributed by atoms with Crippen molar-refractivity contribution in [1.29, 1.82) is 0 Å². The maximum absolute atomic E-state index is 12.3. The number of rotatable bonds is 4. The first-order valence-electron chi connectivity index (χ1n) is 7.05. The van der Waals surface area contributed by atoms with Crippen LogP contribution in [0.1, 0.15) is 26.5 Å². The van der Waals surface area contributed by atoms with Gasteiger partial charge in [-0.2, -0.15) is 0 Å². The molecular formula is C17H14ClN3OS. The number of hydrogen-bond acceptors (Lipinski definition) is 4. The normalized spacial score (nSPS) is 10.5. The summed E-state index contributed by atoms with van der Waals surface area (Å²) in [6, 6.07) is 15.0. The summed E-state index contributed by atoms with van der Waals surface area (Å²) in [6.07, 6.45) is 0.662. The smallest absolute Gasteiger partial charge is 0.257 e. The molecule has 0 atom stereocenters. The van der Waals surface area contributed by atoms with E-state index in [1.807, 2.05) is 49.4 Å². The largest absolute Gasteiger partial charge is 0.296 e. The summed E-state index contributed by atoms with van der Waals surface area (Å²) in [5.74, 6) is -0.169. The van der Waals surface area contributed by atoms with Gasteiger partial charge in [0.15, 0.2) is 0 Å². The van der Waals surface area contributed by atoms with Crippen molar-refractivity contribution in [3.63, 3.8) is 0 Å². The van der Waals surface area contributed by atoms with Crippen molar-refractivity contribution >= 4 is 34.0 Å². The summed E-state index contributed by atoms with van der Waals surface area (Å²) in [5, 5.41) is 13.0. The second-order valence-electron chi connectivity index (χ2n) is 5.07. The molecule has 116 valence electrons. The van der Waals surface area contributed by atoms with E-state index >= 15 is 0 Å². The minimum atomic E-state index is -0.169. The summed E-state index contributed by atoms with van der Waals surface area (Å²) in [4.78, 5) is 12.3. The maximum Gasteiger partial charge on any atom is 0.257 e. The summed E-state index contributed by atoms with van der Waals surface area (Å²) >= 11 is 7.25. The highest BCUT2D eigenvalue weighted by atomic mass is 35.5. The van der Waals surface area contributed by atoms with Crippen LogP contribution in [-0.4, -0.2) is 16.1 Å². The van der Waals surface area contributed by atoms with Gasteiger partial charge >= 0.3 is 0 Å². The molecule has 23 heavy (non-hydrogen) atoms. The van der Waals surface area contributed by atoms with E-state index in [0.717, 1.165) is 16.1 Å². The molecule has 0 aliphatic carbocycles. The molecule has 1 heterocycles. The average molecular weight is 344 g/mol. The zero-order valence-electron chi connectivity index (χ0n) is 12.4. The Morgan fingerprint density at radius 3 is 2.61 bits per heavy atom. The van der Waals surface area contributed by atoms with E-state index in [1.54, 1.807) is 6.07 Å². The molecule has 6 heteroatoms. The molecular weight excluding hydrogens is 330 g/mol. The topological polar surface area (TPSA) is 54.9 Å². The first-order valence-corrected chi connectivity index (χ1v) is 8.25. The summed E-state index contributed by atoms with van der Waals surface area (Å²) in [5.41, 5.74) is 2.67. The van der Waals surface area contributed by atoms with Crippen molar-refractivity contribution < 1.29 is 4.79 Å². The molecule has 0 aliphatic rings. The van der Waals surface area contributed by atoms with Crippen molar-refractivity contribution in [3.05, 3.63) is 75.3 Å². The van der Waals surface area contributed by atoms with Crippen LogP contribution in [0.25, 0.3) is 0 Å². The second-order valence-corrected chi connectivity index (χ2v) is 6.57. The Hall–Kier alpha value is -2.24. The second kappa shape index (κ2) is 6.89. The lowest BCUT2D eigenvalue weighted by molar-refractivity contribution is 0.102. The van der Waals surface area contributed by atoms with Crippen LogP contribution in [0, 0.1) is 6.92 Å². The summed E-state index contributed by atoms with van der Waals surface area (Å²) in [7, 11) is 0. The Kier molecular flexibility index (Phi) is 4.69. The van der Waals surface area contributed by atoms with Crippen LogP contribution < -0.4 is 5.32 Å². The van der Waals surface area contributed by atoms with Crippen molar-refractivity contribution in [2.24, 2.45) is 0 Å². The van der Waals surface area contributed by atoms with E-state index in [-0.39, 0.29) is 5.91 Å². The average Bonchev–Trinajstić information content (AvgIpc) is 2.97. The van der Waals surface area contributed by atoms with Crippen LogP contribution in [0.2, 0.25) is 5.02 Å². The van der Waals surface area contributed by atoms with Gasteiger partial charge in [-0.25, -0.2) is 0 Å². The lowest BCUT2D eigenvalue weighted by Gasteiger charge is -2.03. The van der Waals surface area contributed by atoms with Crippen molar-refractivity contribution in [3.8, 4) is 0 Å². The Balaban J connectivity index is 1.69. The SMILES string of the molecule is Cc1ccccc1C(=O)Nc1nnc(Cc2ccc(Cl)cc2)s1. The molecule has 0 radical (unpaired) electrons. The predicted octanol–water partition coefficient (Wildman–Crippen LogP) is 4.34. The van der Waals surface area contributed by atoms with Crippen LogP contribution >= 0.6 is 22.9 Å². The van der Waals surface area contributed by atoms with Gasteiger partial charge in [0.05, 0.1) is 0 Å². The number of aryl methyl sites for hydroxylation is 1. The van der Waals surface area contributed by atoms with E-state index in [0.29, 0.717) is 22.1 Å². The molecule has 0 aliphatic heterocycles. The molecule has 2 aromatic carbocycles. The Morgan fingerprint density at radius 2 is 1.87 bits per heavy atom. The first kappa shape index (κ1) is 15.6. The number of anilines is 1. The molecule has 1 aromatic heterocycles. The third kappa shape index (κ3) is 3.94. The van der Waals surface area contributed by atoms with Gasteiger partial charge in [0.1, 0.15) is 5.01 Å². The van der Waals surface area contributed by atoms with Crippen molar-refractivity contribution in [2.75, 3.05) is 5.32 Å². The predicted molar refractivity (Wildman–Crippen MR) is 93.3 cm³/mol. The van der Waals surface area contributed by atoms with Gasteiger partial charge in [0.25, 0.3) is 5.91 Å². The minimum absolute atomic E-state index is 0.169. The molecule has 0 saturated carbocycles. The van der Waals surface area contributed by atoms with Crippen LogP contribution in [-0.2, 0) is 6.42 Å². The third-order valence-corrected chi connectivity index (χ3v) is 4.44.